The van der Waals surface area contributed by atoms with E-state index in [9.17, 15) is 4.79 Å². The minimum absolute atomic E-state index is 0.227. The third-order valence-electron chi connectivity index (χ3n) is 6.00. The third-order valence-corrected chi connectivity index (χ3v) is 7.75. The van der Waals surface area contributed by atoms with Crippen LogP contribution in [0.5, 0.6) is 11.5 Å². The molecule has 0 atom stereocenters. The Morgan fingerprint density at radius 2 is 1.55 bits per heavy atom. The van der Waals surface area contributed by atoms with E-state index in [1.807, 2.05) is 31.2 Å². The molecule has 0 saturated carbocycles. The van der Waals surface area contributed by atoms with Crippen molar-refractivity contribution in [3.8, 4) is 11.5 Å². The number of hydrogen-bond donors (Lipinski definition) is 0. The Hall–Kier alpha value is -3.42. The summed E-state index contributed by atoms with van der Waals surface area (Å²) in [4.78, 5) is 20.4. The molecule has 0 spiro atoms. The van der Waals surface area contributed by atoms with Gasteiger partial charge in [0.15, 0.2) is 16.7 Å². The van der Waals surface area contributed by atoms with Gasteiger partial charge in [-0.1, -0.05) is 64.6 Å². The fraction of sp³-hybridized carbons (Fsp3) is 0.0968. The first-order valence-electron chi connectivity index (χ1n) is 12.2. The number of aryl methyl sites for hydroxylation is 1. The average molecular weight is 610 g/mol. The molecule has 1 aliphatic rings. The van der Waals surface area contributed by atoms with Crippen LogP contribution < -0.4 is 14.4 Å². The molecule has 5 rings (SSSR count). The average Bonchev–Trinajstić information content (AvgIpc) is 3.24. The van der Waals surface area contributed by atoms with Crippen LogP contribution in [0, 0.1) is 6.92 Å². The summed E-state index contributed by atoms with van der Waals surface area (Å²) in [5.41, 5.74) is 4.18. The van der Waals surface area contributed by atoms with Gasteiger partial charge in [0, 0.05) is 10.0 Å². The summed E-state index contributed by atoms with van der Waals surface area (Å²) in [6, 6.07) is 25.7. The van der Waals surface area contributed by atoms with Crippen LogP contribution in [0.2, 0.25) is 15.1 Å². The van der Waals surface area contributed by atoms with Crippen LogP contribution in [0.1, 0.15) is 16.7 Å². The Morgan fingerprint density at radius 1 is 0.900 bits per heavy atom. The molecule has 9 heteroatoms. The number of amides is 1. The Morgan fingerprint density at radius 3 is 2.20 bits per heavy atom. The van der Waals surface area contributed by atoms with Gasteiger partial charge in [0.05, 0.1) is 28.4 Å². The second-order valence-electron chi connectivity index (χ2n) is 8.91. The number of halogens is 3. The van der Waals surface area contributed by atoms with E-state index in [-0.39, 0.29) is 5.91 Å². The molecule has 0 aromatic heterocycles. The maximum absolute atomic E-state index is 13.7. The molecule has 1 saturated heterocycles. The largest absolute Gasteiger partial charge is 0.493 e. The first-order chi connectivity index (χ1) is 19.3. The summed E-state index contributed by atoms with van der Waals surface area (Å²) in [6.45, 7) is 2.37. The molecule has 1 heterocycles. The predicted molar refractivity (Wildman–Crippen MR) is 167 cm³/mol. The lowest BCUT2D eigenvalue weighted by Crippen LogP contribution is -2.28. The summed E-state index contributed by atoms with van der Waals surface area (Å²) in [6.07, 6.45) is 1.76. The fourth-order valence-corrected chi connectivity index (χ4v) is 5.47. The first kappa shape index (κ1) is 28.1. The second kappa shape index (κ2) is 12.4. The lowest BCUT2D eigenvalue weighted by atomic mass is 10.1. The van der Waals surface area contributed by atoms with Crippen LogP contribution in [0.25, 0.3) is 6.08 Å². The van der Waals surface area contributed by atoms with Crippen molar-refractivity contribution in [1.29, 1.82) is 0 Å². The van der Waals surface area contributed by atoms with Gasteiger partial charge in [-0.15, -0.1) is 0 Å². The Balaban J connectivity index is 1.46. The van der Waals surface area contributed by atoms with Crippen molar-refractivity contribution in [2.24, 2.45) is 4.99 Å². The van der Waals surface area contributed by atoms with E-state index in [0.29, 0.717) is 60.2 Å². The van der Waals surface area contributed by atoms with Gasteiger partial charge in [-0.25, -0.2) is 4.99 Å². The van der Waals surface area contributed by atoms with Gasteiger partial charge in [-0.3, -0.25) is 9.69 Å². The van der Waals surface area contributed by atoms with Crippen LogP contribution in [0.3, 0.4) is 0 Å². The smallest absolute Gasteiger partial charge is 0.271 e. The molecule has 0 bridgehead atoms. The Labute approximate surface area is 252 Å². The standard InChI is InChI=1S/C31H23Cl3N2O3S/c1-19-3-5-20(6-4-19)18-39-29-26(34)15-21(16-27(29)38-2)17-28-30(37)36(25-13-9-23(33)10-14-25)31(40-28)35-24-11-7-22(32)8-12-24/h3-17H,18H2,1-2H3/b28-17-,35-31?. The van der Waals surface area contributed by atoms with E-state index in [2.05, 4.69) is 0 Å². The highest BCUT2D eigenvalue weighted by Crippen LogP contribution is 2.41. The van der Waals surface area contributed by atoms with Gasteiger partial charge in [-0.05, 0) is 96.6 Å². The molecular weight excluding hydrogens is 587 g/mol. The Kier molecular flexibility index (Phi) is 8.72. The number of amidine groups is 1. The molecule has 5 nitrogen and oxygen atoms in total. The highest BCUT2D eigenvalue weighted by Gasteiger charge is 2.35. The van der Waals surface area contributed by atoms with Crippen LogP contribution in [0.15, 0.2) is 94.8 Å². The summed E-state index contributed by atoms with van der Waals surface area (Å²) >= 11 is 20.0. The molecule has 40 heavy (non-hydrogen) atoms. The number of benzene rings is 4. The predicted octanol–water partition coefficient (Wildman–Crippen LogP) is 9.35. The maximum Gasteiger partial charge on any atom is 0.271 e. The van der Waals surface area contributed by atoms with Gasteiger partial charge in [0.25, 0.3) is 5.91 Å². The molecule has 1 fully saturated rings. The van der Waals surface area contributed by atoms with E-state index in [0.717, 1.165) is 5.56 Å². The summed E-state index contributed by atoms with van der Waals surface area (Å²) in [5.74, 6) is 0.673. The van der Waals surface area contributed by atoms with E-state index in [4.69, 9.17) is 49.3 Å². The van der Waals surface area contributed by atoms with E-state index >= 15 is 0 Å². The second-order valence-corrected chi connectivity index (χ2v) is 11.2. The van der Waals surface area contributed by atoms with Crippen molar-refractivity contribution < 1.29 is 14.3 Å². The SMILES string of the molecule is COc1cc(/C=C2\SC(=Nc3ccc(Cl)cc3)N(c3ccc(Cl)cc3)C2=O)cc(Cl)c1OCc1ccc(C)cc1. The first-order valence-corrected chi connectivity index (χ1v) is 14.2. The minimum atomic E-state index is -0.227. The summed E-state index contributed by atoms with van der Waals surface area (Å²) in [7, 11) is 1.55. The number of ether oxygens (including phenoxy) is 2. The van der Waals surface area contributed by atoms with Gasteiger partial charge in [0.2, 0.25) is 0 Å². The molecule has 0 aliphatic carbocycles. The van der Waals surface area contributed by atoms with Crippen LogP contribution in [-0.2, 0) is 11.4 Å². The summed E-state index contributed by atoms with van der Waals surface area (Å²) < 4.78 is 11.6. The molecule has 4 aromatic carbocycles. The van der Waals surface area contributed by atoms with Gasteiger partial charge in [-0.2, -0.15) is 0 Å². The van der Waals surface area contributed by atoms with E-state index < -0.39 is 0 Å². The van der Waals surface area contributed by atoms with Crippen molar-refractivity contribution in [3.63, 3.8) is 0 Å². The normalized spacial score (nSPS) is 15.2. The number of methoxy groups -OCH3 is 1. The van der Waals surface area contributed by atoms with Gasteiger partial charge in [0.1, 0.15) is 6.61 Å². The monoisotopic (exact) mass is 608 g/mol. The molecule has 1 aliphatic heterocycles. The number of carbonyl (C=O) groups excluding carboxylic acids is 1. The number of anilines is 1. The highest BCUT2D eigenvalue weighted by molar-refractivity contribution is 8.19. The van der Waals surface area contributed by atoms with Crippen LogP contribution in [0.4, 0.5) is 11.4 Å². The summed E-state index contributed by atoms with van der Waals surface area (Å²) in [5, 5.41) is 2.04. The zero-order valence-electron chi connectivity index (χ0n) is 21.5. The topological polar surface area (TPSA) is 51.1 Å². The zero-order chi connectivity index (χ0) is 28.2. The minimum Gasteiger partial charge on any atom is -0.493 e. The highest BCUT2D eigenvalue weighted by atomic mass is 35.5. The molecule has 4 aromatic rings. The lowest BCUT2D eigenvalue weighted by molar-refractivity contribution is -0.113. The van der Waals surface area contributed by atoms with E-state index in [1.54, 1.807) is 78.7 Å². The van der Waals surface area contributed by atoms with Gasteiger partial charge >= 0.3 is 0 Å². The van der Waals surface area contributed by atoms with Crippen molar-refractivity contribution in [2.75, 3.05) is 12.0 Å². The number of rotatable bonds is 7. The zero-order valence-corrected chi connectivity index (χ0v) is 24.6. The van der Waals surface area contributed by atoms with Crippen LogP contribution in [-0.4, -0.2) is 18.2 Å². The maximum atomic E-state index is 13.7. The van der Waals surface area contributed by atoms with Crippen molar-refractivity contribution in [2.45, 2.75) is 13.5 Å². The Bertz CT molecular complexity index is 1600. The fourth-order valence-electron chi connectivity index (χ4n) is 3.95. The number of nitrogens with zero attached hydrogens (tertiary/aromatic N) is 2. The molecule has 1 amide bonds. The van der Waals surface area contributed by atoms with Crippen molar-refractivity contribution in [3.05, 3.63) is 122 Å². The number of carbonyl (C=O) groups is 1. The number of aliphatic imine (C=N–C) groups is 1. The van der Waals surface area contributed by atoms with Crippen molar-refractivity contribution in [1.82, 2.24) is 0 Å². The quantitative estimate of drug-likeness (QED) is 0.196. The molecule has 202 valence electrons. The molecule has 0 radical (unpaired) electrons. The lowest BCUT2D eigenvalue weighted by Gasteiger charge is -2.15. The molecule has 0 N–H and O–H groups in total. The number of thioether (sulfide) groups is 1. The third kappa shape index (κ3) is 6.48. The number of hydrogen-bond acceptors (Lipinski definition) is 5. The van der Waals surface area contributed by atoms with Crippen molar-refractivity contribution >= 4 is 75.1 Å². The molecule has 0 unspecified atom stereocenters. The van der Waals surface area contributed by atoms with Crippen LogP contribution >= 0.6 is 46.6 Å². The van der Waals surface area contributed by atoms with Gasteiger partial charge < -0.3 is 9.47 Å². The van der Waals surface area contributed by atoms with E-state index in [1.165, 1.54) is 17.3 Å². The molecular formula is C31H23Cl3N2O3S.